The van der Waals surface area contributed by atoms with Gasteiger partial charge in [0.15, 0.2) is 0 Å². The fourth-order valence-electron chi connectivity index (χ4n) is 10.3. The standard InChI is InChI=1S/C54H31N5O/c55-32-33-18-24-48-40(28-33)38-12-4-7-17-47(38)59(48)37-21-23-43-51(31-37)60-50-30-35(19-22-42(50)54(43)44-14-8-26-56-52(44)53-45(54)15-9-27-57-53)34-20-25-49-41(29-34)39-13-5-6-16-46(39)58(49)36-10-2-1-3-11-36/h1-31H. The molecule has 0 radical (unpaired) electrons. The zero-order chi connectivity index (χ0) is 39.5. The molecule has 4 aromatic heterocycles. The Bertz CT molecular complexity index is 3620. The second-order valence-electron chi connectivity index (χ2n) is 15.7. The van der Waals surface area contributed by atoms with Gasteiger partial charge in [-0.3, -0.25) is 9.97 Å². The highest BCUT2D eigenvalue weighted by atomic mass is 16.5. The van der Waals surface area contributed by atoms with E-state index in [1.54, 1.807) is 0 Å². The minimum Gasteiger partial charge on any atom is -0.457 e. The number of benzene rings is 7. The van der Waals surface area contributed by atoms with E-state index in [4.69, 9.17) is 14.7 Å². The zero-order valence-corrected chi connectivity index (χ0v) is 32.0. The summed E-state index contributed by atoms with van der Waals surface area (Å²) in [4.78, 5) is 9.89. The SMILES string of the molecule is N#Cc1ccc2c(c1)c1ccccc1n2-c1ccc2c(c1)Oc1cc(-c3ccc4c(c3)c3ccccc3n4-c3ccccc3)ccc1C21c2cccnc2-c2ncccc21. The molecule has 0 amide bonds. The van der Waals surface area contributed by atoms with Crippen molar-refractivity contribution in [2.45, 2.75) is 5.41 Å². The van der Waals surface area contributed by atoms with Crippen molar-refractivity contribution in [2.75, 3.05) is 0 Å². The van der Waals surface area contributed by atoms with Gasteiger partial charge in [0.1, 0.15) is 11.5 Å². The average molecular weight is 766 g/mol. The molecule has 1 spiro atoms. The Morgan fingerprint density at radius 3 is 1.68 bits per heavy atom. The monoisotopic (exact) mass is 765 g/mol. The molecule has 2 aliphatic rings. The van der Waals surface area contributed by atoms with Crippen LogP contribution in [0.1, 0.15) is 27.8 Å². The Labute approximate surface area is 344 Å². The molecular formula is C54H31N5O. The van der Waals surface area contributed by atoms with Crippen LogP contribution >= 0.6 is 0 Å². The van der Waals surface area contributed by atoms with Gasteiger partial charge in [0.2, 0.25) is 0 Å². The van der Waals surface area contributed by atoms with Gasteiger partial charge >= 0.3 is 0 Å². The van der Waals surface area contributed by atoms with Crippen LogP contribution in [-0.2, 0) is 5.41 Å². The number of hydrogen-bond donors (Lipinski definition) is 0. The van der Waals surface area contributed by atoms with E-state index in [-0.39, 0.29) is 0 Å². The summed E-state index contributed by atoms with van der Waals surface area (Å²) < 4.78 is 11.8. The fraction of sp³-hybridized carbons (Fsp3) is 0.0185. The zero-order valence-electron chi connectivity index (χ0n) is 32.0. The first-order chi connectivity index (χ1) is 29.7. The minimum absolute atomic E-state index is 0.635. The van der Waals surface area contributed by atoms with Gasteiger partial charge in [0.25, 0.3) is 0 Å². The normalized spacial score (nSPS) is 13.2. The fourth-order valence-corrected chi connectivity index (χ4v) is 10.3. The molecule has 278 valence electrons. The Hall–Kier alpha value is -8.27. The molecule has 0 N–H and O–H groups in total. The highest BCUT2D eigenvalue weighted by Crippen LogP contribution is 2.61. The third-order valence-electron chi connectivity index (χ3n) is 12.7. The van der Waals surface area contributed by atoms with Crippen LogP contribution in [0, 0.1) is 11.3 Å². The molecule has 0 unspecified atom stereocenters. The minimum atomic E-state index is -0.720. The number of rotatable bonds is 3. The summed E-state index contributed by atoms with van der Waals surface area (Å²) in [5.74, 6) is 1.56. The molecule has 5 heterocycles. The predicted molar refractivity (Wildman–Crippen MR) is 238 cm³/mol. The van der Waals surface area contributed by atoms with Crippen LogP contribution < -0.4 is 4.74 Å². The molecule has 0 saturated carbocycles. The van der Waals surface area contributed by atoms with Crippen molar-refractivity contribution in [2.24, 2.45) is 0 Å². The van der Waals surface area contributed by atoms with Gasteiger partial charge in [-0.05, 0) is 101 Å². The largest absolute Gasteiger partial charge is 0.457 e. The lowest BCUT2D eigenvalue weighted by molar-refractivity contribution is 0.436. The van der Waals surface area contributed by atoms with E-state index in [0.717, 1.165) is 95.0 Å². The van der Waals surface area contributed by atoms with Crippen molar-refractivity contribution in [3.05, 3.63) is 216 Å². The summed E-state index contributed by atoms with van der Waals surface area (Å²) in [7, 11) is 0. The van der Waals surface area contributed by atoms with Crippen molar-refractivity contribution in [1.82, 2.24) is 19.1 Å². The lowest BCUT2D eigenvalue weighted by Gasteiger charge is -2.39. The van der Waals surface area contributed by atoms with Crippen molar-refractivity contribution >= 4 is 43.6 Å². The van der Waals surface area contributed by atoms with Gasteiger partial charge in [0.05, 0.1) is 50.5 Å². The number of pyridine rings is 2. The lowest BCUT2D eigenvalue weighted by atomic mass is 9.66. The highest BCUT2D eigenvalue weighted by Gasteiger charge is 2.52. The molecule has 11 aromatic rings. The van der Waals surface area contributed by atoms with Gasteiger partial charge in [-0.1, -0.05) is 91.0 Å². The van der Waals surface area contributed by atoms with Gasteiger partial charge in [-0.15, -0.1) is 0 Å². The molecule has 0 atom stereocenters. The maximum Gasteiger partial charge on any atom is 0.134 e. The van der Waals surface area contributed by atoms with Crippen LogP contribution in [0.25, 0.3) is 77.5 Å². The van der Waals surface area contributed by atoms with Crippen molar-refractivity contribution in [1.29, 1.82) is 5.26 Å². The van der Waals surface area contributed by atoms with Gasteiger partial charge in [-0.2, -0.15) is 5.26 Å². The van der Waals surface area contributed by atoms with E-state index < -0.39 is 5.41 Å². The van der Waals surface area contributed by atoms with Crippen molar-refractivity contribution in [3.8, 4) is 51.5 Å². The molecule has 6 nitrogen and oxygen atoms in total. The van der Waals surface area contributed by atoms with Crippen LogP contribution in [-0.4, -0.2) is 19.1 Å². The number of nitriles is 1. The van der Waals surface area contributed by atoms with Crippen LogP contribution in [0.5, 0.6) is 11.5 Å². The predicted octanol–water partition coefficient (Wildman–Crippen LogP) is 12.7. The number of nitrogens with zero attached hydrogens (tertiary/aromatic N) is 5. The molecule has 6 heteroatoms. The van der Waals surface area contributed by atoms with Gasteiger partial charge in [-0.25, -0.2) is 0 Å². The molecule has 0 bridgehead atoms. The lowest BCUT2D eigenvalue weighted by Crippen LogP contribution is -2.32. The second-order valence-corrected chi connectivity index (χ2v) is 15.7. The van der Waals surface area contributed by atoms with E-state index in [0.29, 0.717) is 5.56 Å². The first-order valence-corrected chi connectivity index (χ1v) is 20.1. The van der Waals surface area contributed by atoms with E-state index in [9.17, 15) is 5.26 Å². The smallest absolute Gasteiger partial charge is 0.134 e. The van der Waals surface area contributed by atoms with Crippen LogP contribution in [0.2, 0.25) is 0 Å². The molecule has 60 heavy (non-hydrogen) atoms. The van der Waals surface area contributed by atoms with E-state index >= 15 is 0 Å². The molecule has 0 saturated heterocycles. The van der Waals surface area contributed by atoms with Crippen LogP contribution in [0.4, 0.5) is 0 Å². The Kier molecular flexibility index (Phi) is 6.62. The average Bonchev–Trinajstić information content (AvgIpc) is 3.93. The summed E-state index contributed by atoms with van der Waals surface area (Å²) in [5, 5.41) is 14.3. The van der Waals surface area contributed by atoms with Gasteiger partial charge in [0, 0.05) is 62.5 Å². The summed E-state index contributed by atoms with van der Waals surface area (Å²) in [6, 6.07) is 64.3. The maximum atomic E-state index is 9.79. The Morgan fingerprint density at radius 1 is 0.433 bits per heavy atom. The quantitative estimate of drug-likeness (QED) is 0.180. The summed E-state index contributed by atoms with van der Waals surface area (Å²) >= 11 is 0. The van der Waals surface area contributed by atoms with Crippen LogP contribution in [0.15, 0.2) is 188 Å². The third kappa shape index (κ3) is 4.30. The van der Waals surface area contributed by atoms with Crippen molar-refractivity contribution in [3.63, 3.8) is 0 Å². The highest BCUT2D eigenvalue weighted by molar-refractivity contribution is 6.11. The topological polar surface area (TPSA) is 68.7 Å². The first kappa shape index (κ1) is 32.8. The first-order valence-electron chi connectivity index (χ1n) is 20.1. The number of para-hydroxylation sites is 3. The molecule has 13 rings (SSSR count). The number of ether oxygens (including phenoxy) is 1. The number of hydrogen-bond acceptors (Lipinski definition) is 4. The maximum absolute atomic E-state index is 9.79. The second kappa shape index (κ2) is 12.1. The van der Waals surface area contributed by atoms with E-state index in [1.165, 1.54) is 16.3 Å². The Balaban J connectivity index is 1.04. The number of fused-ring (bicyclic) bond motifs is 15. The molecule has 0 fully saturated rings. The van der Waals surface area contributed by atoms with Gasteiger partial charge < -0.3 is 13.9 Å². The van der Waals surface area contributed by atoms with Crippen LogP contribution in [0.3, 0.4) is 0 Å². The van der Waals surface area contributed by atoms with Crippen molar-refractivity contribution < 1.29 is 4.74 Å². The van der Waals surface area contributed by atoms with E-state index in [1.807, 2.05) is 42.7 Å². The Morgan fingerprint density at radius 2 is 0.983 bits per heavy atom. The number of aromatic nitrogens is 4. The van der Waals surface area contributed by atoms with E-state index in [2.05, 4.69) is 161 Å². The summed E-state index contributed by atoms with van der Waals surface area (Å²) in [6.07, 6.45) is 3.71. The summed E-state index contributed by atoms with van der Waals surface area (Å²) in [5.41, 5.74) is 14.6. The molecule has 1 aliphatic carbocycles. The summed E-state index contributed by atoms with van der Waals surface area (Å²) in [6.45, 7) is 0. The molecule has 1 aliphatic heterocycles. The molecule has 7 aromatic carbocycles. The molecular weight excluding hydrogens is 735 g/mol. The third-order valence-corrected chi connectivity index (χ3v) is 12.7.